The second kappa shape index (κ2) is 6.38. The molecule has 0 radical (unpaired) electrons. The second-order valence-corrected chi connectivity index (χ2v) is 6.84. The van der Waals surface area contributed by atoms with Gasteiger partial charge in [-0.1, -0.05) is 0 Å². The van der Waals surface area contributed by atoms with Gasteiger partial charge in [-0.2, -0.15) is 5.10 Å². The Kier molecular flexibility index (Phi) is 4.04. The summed E-state index contributed by atoms with van der Waals surface area (Å²) in [5, 5.41) is 15.1. The van der Waals surface area contributed by atoms with Crippen LogP contribution in [0.2, 0.25) is 0 Å². The summed E-state index contributed by atoms with van der Waals surface area (Å²) in [6, 6.07) is 11.8. The Bertz CT molecular complexity index is 1010. The van der Waals surface area contributed by atoms with Crippen molar-refractivity contribution in [3.63, 3.8) is 0 Å². The Labute approximate surface area is 157 Å². The SMILES string of the molecule is O=C(c1ccc(-n2cc(Br)cn2)cc1)N1CCc2cc([N+](=O)[O-])ccc21. The lowest BCUT2D eigenvalue weighted by Gasteiger charge is -2.17. The minimum Gasteiger partial charge on any atom is -0.308 e. The molecule has 0 N–H and O–H groups in total. The maximum atomic E-state index is 12.8. The topological polar surface area (TPSA) is 81.3 Å². The zero-order chi connectivity index (χ0) is 18.3. The maximum absolute atomic E-state index is 12.8. The van der Waals surface area contributed by atoms with Gasteiger partial charge >= 0.3 is 0 Å². The second-order valence-electron chi connectivity index (χ2n) is 5.93. The van der Waals surface area contributed by atoms with Crippen molar-refractivity contribution in [1.82, 2.24) is 9.78 Å². The first kappa shape index (κ1) is 16.5. The fourth-order valence-corrected chi connectivity index (χ4v) is 3.35. The summed E-state index contributed by atoms with van der Waals surface area (Å²) in [6.45, 7) is 0.517. The summed E-state index contributed by atoms with van der Waals surface area (Å²) < 4.78 is 2.59. The van der Waals surface area contributed by atoms with Gasteiger partial charge in [0, 0.05) is 36.1 Å². The average Bonchev–Trinajstić information content (AvgIpc) is 3.27. The molecule has 130 valence electrons. The van der Waals surface area contributed by atoms with E-state index in [0.29, 0.717) is 18.5 Å². The quantitative estimate of drug-likeness (QED) is 0.484. The van der Waals surface area contributed by atoms with Gasteiger partial charge in [-0.25, -0.2) is 4.68 Å². The molecule has 2 aromatic carbocycles. The van der Waals surface area contributed by atoms with E-state index in [1.165, 1.54) is 6.07 Å². The van der Waals surface area contributed by atoms with Gasteiger partial charge in [0.05, 0.1) is 21.3 Å². The van der Waals surface area contributed by atoms with Crippen LogP contribution in [0.15, 0.2) is 59.3 Å². The number of benzene rings is 2. The predicted octanol–water partition coefficient (Wildman–Crippen LogP) is 3.75. The molecule has 0 aliphatic carbocycles. The fraction of sp³-hybridized carbons (Fsp3) is 0.111. The first-order valence-electron chi connectivity index (χ1n) is 7.93. The maximum Gasteiger partial charge on any atom is 0.269 e. The van der Waals surface area contributed by atoms with Crippen molar-refractivity contribution in [3.8, 4) is 5.69 Å². The van der Waals surface area contributed by atoms with Gasteiger partial charge < -0.3 is 4.90 Å². The van der Waals surface area contributed by atoms with E-state index in [1.54, 1.807) is 40.0 Å². The monoisotopic (exact) mass is 412 g/mol. The number of rotatable bonds is 3. The molecule has 8 heteroatoms. The van der Waals surface area contributed by atoms with E-state index in [-0.39, 0.29) is 11.6 Å². The third kappa shape index (κ3) is 2.88. The molecule has 0 unspecified atom stereocenters. The zero-order valence-corrected chi connectivity index (χ0v) is 15.1. The van der Waals surface area contributed by atoms with Crippen LogP contribution < -0.4 is 4.90 Å². The van der Waals surface area contributed by atoms with E-state index in [9.17, 15) is 14.9 Å². The Morgan fingerprint density at radius 2 is 1.96 bits per heavy atom. The van der Waals surface area contributed by atoms with E-state index < -0.39 is 4.92 Å². The van der Waals surface area contributed by atoms with Crippen molar-refractivity contribution in [3.05, 3.63) is 80.6 Å². The smallest absolute Gasteiger partial charge is 0.269 e. The first-order valence-corrected chi connectivity index (χ1v) is 8.72. The summed E-state index contributed by atoms with van der Waals surface area (Å²) >= 11 is 3.35. The molecule has 0 saturated carbocycles. The number of fused-ring (bicyclic) bond motifs is 1. The van der Waals surface area contributed by atoms with Crippen LogP contribution in [0.5, 0.6) is 0 Å². The predicted molar refractivity (Wildman–Crippen MR) is 99.7 cm³/mol. The van der Waals surface area contributed by atoms with Gasteiger partial charge in [-0.3, -0.25) is 14.9 Å². The number of aromatic nitrogens is 2. The van der Waals surface area contributed by atoms with E-state index in [1.807, 2.05) is 18.3 Å². The number of nitrogens with zero attached hydrogens (tertiary/aromatic N) is 4. The van der Waals surface area contributed by atoms with Crippen LogP contribution >= 0.6 is 15.9 Å². The van der Waals surface area contributed by atoms with Crippen molar-refractivity contribution in [2.24, 2.45) is 0 Å². The lowest BCUT2D eigenvalue weighted by molar-refractivity contribution is -0.384. The first-order chi connectivity index (χ1) is 12.5. The highest BCUT2D eigenvalue weighted by Crippen LogP contribution is 2.32. The largest absolute Gasteiger partial charge is 0.308 e. The van der Waals surface area contributed by atoms with Crippen LogP contribution in [-0.4, -0.2) is 27.2 Å². The lowest BCUT2D eigenvalue weighted by Crippen LogP contribution is -2.28. The third-order valence-electron chi connectivity index (χ3n) is 4.34. The molecule has 26 heavy (non-hydrogen) atoms. The number of anilines is 1. The summed E-state index contributed by atoms with van der Waals surface area (Å²) in [5.74, 6) is -0.120. The van der Waals surface area contributed by atoms with E-state index >= 15 is 0 Å². The summed E-state index contributed by atoms with van der Waals surface area (Å²) in [5.41, 5.74) is 3.02. The van der Waals surface area contributed by atoms with Crippen LogP contribution in [0.1, 0.15) is 15.9 Å². The van der Waals surface area contributed by atoms with Gasteiger partial charge in [-0.05, 0) is 58.2 Å². The number of hydrogen-bond donors (Lipinski definition) is 0. The summed E-state index contributed by atoms with van der Waals surface area (Å²) in [7, 11) is 0. The zero-order valence-electron chi connectivity index (χ0n) is 13.5. The molecular weight excluding hydrogens is 400 g/mol. The van der Waals surface area contributed by atoms with Crippen LogP contribution in [0.25, 0.3) is 5.69 Å². The van der Waals surface area contributed by atoms with Crippen molar-refractivity contribution < 1.29 is 9.72 Å². The van der Waals surface area contributed by atoms with Crippen molar-refractivity contribution in [2.75, 3.05) is 11.4 Å². The fourth-order valence-electron chi connectivity index (χ4n) is 3.07. The molecular formula is C18H13BrN4O3. The highest BCUT2D eigenvalue weighted by atomic mass is 79.9. The molecule has 0 bridgehead atoms. The molecule has 7 nitrogen and oxygen atoms in total. The van der Waals surface area contributed by atoms with E-state index in [4.69, 9.17) is 0 Å². The molecule has 1 aliphatic rings. The normalized spacial score (nSPS) is 12.9. The number of carbonyl (C=O) groups is 1. The summed E-state index contributed by atoms with van der Waals surface area (Å²) in [6.07, 6.45) is 4.14. The summed E-state index contributed by atoms with van der Waals surface area (Å²) in [4.78, 5) is 25.0. The highest BCUT2D eigenvalue weighted by Gasteiger charge is 2.27. The molecule has 0 atom stereocenters. The molecule has 3 aromatic rings. The van der Waals surface area contributed by atoms with Crippen molar-refractivity contribution >= 4 is 33.2 Å². The van der Waals surface area contributed by atoms with Gasteiger partial charge in [0.1, 0.15) is 0 Å². The third-order valence-corrected chi connectivity index (χ3v) is 4.75. The number of nitro benzene ring substituents is 1. The minimum atomic E-state index is -0.420. The number of carbonyl (C=O) groups excluding carboxylic acids is 1. The Balaban J connectivity index is 1.59. The van der Waals surface area contributed by atoms with Crippen LogP contribution in [0.3, 0.4) is 0 Å². The molecule has 1 amide bonds. The molecule has 1 aliphatic heterocycles. The van der Waals surface area contributed by atoms with Crippen LogP contribution in [-0.2, 0) is 6.42 Å². The highest BCUT2D eigenvalue weighted by molar-refractivity contribution is 9.10. The van der Waals surface area contributed by atoms with Gasteiger partial charge in [-0.15, -0.1) is 0 Å². The molecule has 0 spiro atoms. The number of hydrogen-bond acceptors (Lipinski definition) is 4. The molecule has 0 saturated heterocycles. The molecule has 0 fully saturated rings. The van der Waals surface area contributed by atoms with E-state index in [2.05, 4.69) is 21.0 Å². The Morgan fingerprint density at radius 3 is 2.62 bits per heavy atom. The van der Waals surface area contributed by atoms with Gasteiger partial charge in [0.25, 0.3) is 11.6 Å². The van der Waals surface area contributed by atoms with Crippen molar-refractivity contribution in [2.45, 2.75) is 6.42 Å². The number of halogens is 1. The Hall–Kier alpha value is -3.00. The molecule has 2 heterocycles. The van der Waals surface area contributed by atoms with Crippen LogP contribution in [0.4, 0.5) is 11.4 Å². The lowest BCUT2D eigenvalue weighted by atomic mass is 10.1. The standard InChI is InChI=1S/C18H13BrN4O3/c19-14-10-20-22(11-14)15-3-1-12(2-4-15)18(24)21-8-7-13-9-16(23(25)26)5-6-17(13)21/h1-6,9-11H,7-8H2. The average molecular weight is 413 g/mol. The molecule has 1 aromatic heterocycles. The van der Waals surface area contributed by atoms with Gasteiger partial charge in [0.2, 0.25) is 0 Å². The van der Waals surface area contributed by atoms with E-state index in [0.717, 1.165) is 21.4 Å². The minimum absolute atomic E-state index is 0.0489. The van der Waals surface area contributed by atoms with Crippen molar-refractivity contribution in [1.29, 1.82) is 0 Å². The number of nitro groups is 1. The number of amides is 1. The van der Waals surface area contributed by atoms with Gasteiger partial charge in [0.15, 0.2) is 0 Å². The Morgan fingerprint density at radius 1 is 1.19 bits per heavy atom. The van der Waals surface area contributed by atoms with Crippen LogP contribution in [0, 0.1) is 10.1 Å². The molecule has 4 rings (SSSR count). The number of non-ortho nitro benzene ring substituents is 1.